The zero-order chi connectivity index (χ0) is 7.52. The van der Waals surface area contributed by atoms with E-state index in [9.17, 15) is 0 Å². The Morgan fingerprint density at radius 3 is 2.73 bits per heavy atom. The number of rotatable bonds is 1. The smallest absolute Gasteiger partial charge is 0.159 e. The fraction of sp³-hybridized carbons (Fsp3) is 0.333. The van der Waals surface area contributed by atoms with Crippen LogP contribution in [0.3, 0.4) is 0 Å². The first-order valence-electron chi connectivity index (χ1n) is 3.97. The van der Waals surface area contributed by atoms with Crippen molar-refractivity contribution in [3.05, 3.63) is 35.9 Å². The number of hydrogen-bond acceptors (Lipinski definition) is 1. The summed E-state index contributed by atoms with van der Waals surface area (Å²) in [4.78, 5) is 0. The Balaban J connectivity index is 2.16. The van der Waals surface area contributed by atoms with E-state index < -0.39 is 0 Å². The third kappa shape index (κ3) is 1.57. The third-order valence-electron chi connectivity index (χ3n) is 1.92. The molecule has 2 heteroatoms. The van der Waals surface area contributed by atoms with Crippen LogP contribution in [0.4, 0.5) is 0 Å². The minimum atomic E-state index is 0.663. The molecule has 0 saturated carbocycles. The van der Waals surface area contributed by atoms with Crippen LogP contribution in [0.25, 0.3) is 0 Å². The summed E-state index contributed by atoms with van der Waals surface area (Å²) in [5, 5.41) is 3.07. The summed E-state index contributed by atoms with van der Waals surface area (Å²) in [7, 11) is 0. The maximum Gasteiger partial charge on any atom is 0.159 e. The van der Waals surface area contributed by atoms with E-state index in [1.165, 1.54) is 17.9 Å². The lowest BCUT2D eigenvalue weighted by Gasteiger charge is -2.04. The second-order valence-electron chi connectivity index (χ2n) is 2.73. The van der Waals surface area contributed by atoms with Crippen LogP contribution in [0.1, 0.15) is 10.9 Å². The predicted molar refractivity (Wildman–Crippen MR) is 48.4 cm³/mol. The highest BCUT2D eigenvalue weighted by Crippen LogP contribution is 2.23. The summed E-state index contributed by atoms with van der Waals surface area (Å²) in [5.74, 6) is 1.29. The van der Waals surface area contributed by atoms with Gasteiger partial charge in [-0.15, -0.1) is 0 Å². The second kappa shape index (κ2) is 3.28. The van der Waals surface area contributed by atoms with Gasteiger partial charge >= 0.3 is 0 Å². The average molecular weight is 166 g/mol. The van der Waals surface area contributed by atoms with E-state index in [4.69, 9.17) is 0 Å². The van der Waals surface area contributed by atoms with Crippen LogP contribution in [0.5, 0.6) is 0 Å². The molecular formula is C9H12NS+. The van der Waals surface area contributed by atoms with Gasteiger partial charge < -0.3 is 5.32 Å². The molecule has 1 aliphatic heterocycles. The van der Waals surface area contributed by atoms with Gasteiger partial charge in [-0.1, -0.05) is 42.1 Å². The second-order valence-corrected chi connectivity index (χ2v) is 3.98. The van der Waals surface area contributed by atoms with Crippen LogP contribution in [-0.2, 0) is 0 Å². The van der Waals surface area contributed by atoms with Gasteiger partial charge in [-0.05, 0) is 0 Å². The fourth-order valence-corrected chi connectivity index (χ4v) is 2.51. The van der Waals surface area contributed by atoms with Crippen LogP contribution in [0.2, 0.25) is 0 Å². The summed E-state index contributed by atoms with van der Waals surface area (Å²) in [5.41, 5.74) is 1.45. The molecule has 1 nitrogen and oxygen atoms in total. The first-order valence-corrected chi connectivity index (χ1v) is 5.01. The van der Waals surface area contributed by atoms with Gasteiger partial charge in [0.1, 0.15) is 0 Å². The van der Waals surface area contributed by atoms with Crippen molar-refractivity contribution in [1.29, 1.82) is 0 Å². The van der Waals surface area contributed by atoms with Gasteiger partial charge in [-0.25, -0.2) is 0 Å². The van der Waals surface area contributed by atoms with Crippen molar-refractivity contribution in [1.82, 2.24) is 0 Å². The molecule has 11 heavy (non-hydrogen) atoms. The molecule has 2 N–H and O–H groups in total. The highest BCUT2D eigenvalue weighted by Gasteiger charge is 2.19. The molecule has 0 bridgehead atoms. The minimum absolute atomic E-state index is 0.663. The minimum Gasteiger partial charge on any atom is -0.331 e. The molecule has 0 radical (unpaired) electrons. The van der Waals surface area contributed by atoms with E-state index in [0.717, 1.165) is 0 Å². The largest absolute Gasteiger partial charge is 0.331 e. The topological polar surface area (TPSA) is 16.6 Å². The standard InChI is InChI=1S/C9H11NS/c1-2-4-8(5-3-1)9-10-6-7-11-9/h1-5,9-10H,6-7H2/p+1. The Kier molecular flexibility index (Phi) is 2.15. The molecule has 1 atom stereocenters. The lowest BCUT2D eigenvalue weighted by molar-refractivity contribution is -0.663. The molecule has 0 aromatic heterocycles. The van der Waals surface area contributed by atoms with Crippen molar-refractivity contribution in [3.63, 3.8) is 0 Å². The van der Waals surface area contributed by atoms with Crippen LogP contribution in [0, 0.1) is 0 Å². The van der Waals surface area contributed by atoms with Crippen molar-refractivity contribution >= 4 is 11.8 Å². The van der Waals surface area contributed by atoms with Crippen LogP contribution < -0.4 is 5.32 Å². The van der Waals surface area contributed by atoms with Gasteiger partial charge in [-0.3, -0.25) is 0 Å². The zero-order valence-electron chi connectivity index (χ0n) is 6.36. The molecule has 0 amide bonds. The Labute approximate surface area is 71.2 Å². The number of nitrogens with two attached hydrogens (primary N) is 1. The van der Waals surface area contributed by atoms with Crippen molar-refractivity contribution in [3.8, 4) is 0 Å². The lowest BCUT2D eigenvalue weighted by atomic mass is 10.2. The summed E-state index contributed by atoms with van der Waals surface area (Å²) >= 11 is 2.04. The van der Waals surface area contributed by atoms with E-state index in [2.05, 4.69) is 35.6 Å². The Morgan fingerprint density at radius 1 is 1.27 bits per heavy atom. The van der Waals surface area contributed by atoms with E-state index in [-0.39, 0.29) is 0 Å². The SMILES string of the molecule is c1ccc(C2[NH2+]CCS2)cc1. The Morgan fingerprint density at radius 2 is 2.09 bits per heavy atom. The summed E-state index contributed by atoms with van der Waals surface area (Å²) in [6.07, 6.45) is 0. The molecule has 0 aliphatic carbocycles. The molecule has 1 aromatic rings. The van der Waals surface area contributed by atoms with E-state index in [1.54, 1.807) is 0 Å². The quantitative estimate of drug-likeness (QED) is 0.658. The molecule has 1 unspecified atom stereocenters. The van der Waals surface area contributed by atoms with Crippen LogP contribution in [-0.4, -0.2) is 12.3 Å². The van der Waals surface area contributed by atoms with Crippen molar-refractivity contribution in [2.24, 2.45) is 0 Å². The number of quaternary nitrogens is 1. The maximum atomic E-state index is 2.40. The average Bonchev–Trinajstić information content (AvgIpc) is 2.58. The predicted octanol–water partition coefficient (Wildman–Crippen LogP) is 0.995. The molecule has 1 aromatic carbocycles. The van der Waals surface area contributed by atoms with Crippen molar-refractivity contribution in [2.75, 3.05) is 12.3 Å². The molecule has 58 valence electrons. The van der Waals surface area contributed by atoms with Crippen molar-refractivity contribution < 1.29 is 5.32 Å². The Hall–Kier alpha value is -0.470. The third-order valence-corrected chi connectivity index (χ3v) is 3.22. The molecular weight excluding hydrogens is 154 g/mol. The first-order chi connectivity index (χ1) is 5.47. The monoisotopic (exact) mass is 166 g/mol. The number of thioether (sulfide) groups is 1. The highest BCUT2D eigenvalue weighted by atomic mass is 32.2. The van der Waals surface area contributed by atoms with Crippen molar-refractivity contribution in [2.45, 2.75) is 5.37 Å². The van der Waals surface area contributed by atoms with Crippen LogP contribution in [0.15, 0.2) is 30.3 Å². The zero-order valence-corrected chi connectivity index (χ0v) is 7.18. The number of benzene rings is 1. The molecule has 1 fully saturated rings. The normalized spacial score (nSPS) is 23.8. The van der Waals surface area contributed by atoms with E-state index in [0.29, 0.717) is 5.37 Å². The number of hydrogen-bond donors (Lipinski definition) is 1. The first kappa shape index (κ1) is 7.19. The maximum absolute atomic E-state index is 2.40. The lowest BCUT2D eigenvalue weighted by Crippen LogP contribution is -2.81. The van der Waals surface area contributed by atoms with Gasteiger partial charge in [0.2, 0.25) is 0 Å². The van der Waals surface area contributed by atoms with Gasteiger partial charge in [0.15, 0.2) is 5.37 Å². The van der Waals surface area contributed by atoms with Gasteiger partial charge in [0.25, 0.3) is 0 Å². The molecule has 1 aliphatic rings. The molecule has 2 rings (SSSR count). The molecule has 1 heterocycles. The summed E-state index contributed by atoms with van der Waals surface area (Å²) in [6, 6.07) is 10.7. The van der Waals surface area contributed by atoms with Gasteiger partial charge in [0.05, 0.1) is 6.54 Å². The summed E-state index contributed by atoms with van der Waals surface area (Å²) < 4.78 is 0. The van der Waals surface area contributed by atoms with E-state index in [1.807, 2.05) is 11.8 Å². The molecule has 0 spiro atoms. The highest BCUT2D eigenvalue weighted by molar-refractivity contribution is 7.99. The van der Waals surface area contributed by atoms with E-state index >= 15 is 0 Å². The van der Waals surface area contributed by atoms with Gasteiger partial charge in [0, 0.05) is 11.3 Å². The molecule has 1 saturated heterocycles. The van der Waals surface area contributed by atoms with Gasteiger partial charge in [-0.2, -0.15) is 0 Å². The Bertz CT molecular complexity index is 216. The fourth-order valence-electron chi connectivity index (χ4n) is 1.36. The van der Waals surface area contributed by atoms with Crippen LogP contribution >= 0.6 is 11.8 Å². The summed E-state index contributed by atoms with van der Waals surface area (Å²) in [6.45, 7) is 1.27.